The SMILES string of the molecule is Cc1ccc(CNC(=O)[C@@H]2CN(S(C)(=O)=O)c3cc(C(C)(C)C)ccc3O2)cc1. The van der Waals surface area contributed by atoms with E-state index in [1.807, 2.05) is 43.3 Å². The van der Waals surface area contributed by atoms with Gasteiger partial charge in [-0.15, -0.1) is 0 Å². The third kappa shape index (κ3) is 4.90. The minimum Gasteiger partial charge on any atom is -0.476 e. The van der Waals surface area contributed by atoms with E-state index in [1.165, 1.54) is 4.31 Å². The number of amides is 1. The van der Waals surface area contributed by atoms with Gasteiger partial charge in [0, 0.05) is 6.54 Å². The molecule has 3 rings (SSSR count). The van der Waals surface area contributed by atoms with Crippen molar-refractivity contribution in [3.63, 3.8) is 0 Å². The summed E-state index contributed by atoms with van der Waals surface area (Å²) < 4.78 is 32.0. The molecule has 1 N–H and O–H groups in total. The van der Waals surface area contributed by atoms with Crippen LogP contribution in [0.25, 0.3) is 0 Å². The van der Waals surface area contributed by atoms with Crippen molar-refractivity contribution in [2.75, 3.05) is 17.1 Å². The second-order valence-corrected chi connectivity index (χ2v) is 10.4. The van der Waals surface area contributed by atoms with E-state index in [2.05, 4.69) is 26.1 Å². The lowest BCUT2D eigenvalue weighted by atomic mass is 9.86. The number of hydrogen-bond acceptors (Lipinski definition) is 4. The maximum absolute atomic E-state index is 12.7. The fourth-order valence-corrected chi connectivity index (χ4v) is 4.08. The van der Waals surface area contributed by atoms with Crippen LogP contribution in [0.15, 0.2) is 42.5 Å². The summed E-state index contributed by atoms with van der Waals surface area (Å²) in [5, 5.41) is 2.84. The minimum atomic E-state index is -3.57. The number of rotatable bonds is 4. The molecule has 0 aromatic heterocycles. The number of nitrogens with one attached hydrogen (secondary N) is 1. The zero-order valence-electron chi connectivity index (χ0n) is 17.5. The van der Waals surface area contributed by atoms with Gasteiger partial charge in [0.05, 0.1) is 18.5 Å². The predicted octanol–water partition coefficient (Wildman–Crippen LogP) is 3.14. The first-order valence-electron chi connectivity index (χ1n) is 9.57. The van der Waals surface area contributed by atoms with Gasteiger partial charge in [-0.2, -0.15) is 0 Å². The summed E-state index contributed by atoms with van der Waals surface area (Å²) in [6, 6.07) is 13.3. The lowest BCUT2D eigenvalue weighted by molar-refractivity contribution is -0.127. The lowest BCUT2D eigenvalue weighted by Crippen LogP contribution is -2.50. The van der Waals surface area contributed by atoms with Gasteiger partial charge in [-0.05, 0) is 35.6 Å². The second-order valence-electron chi connectivity index (χ2n) is 8.54. The van der Waals surface area contributed by atoms with Crippen molar-refractivity contribution >= 4 is 21.6 Å². The van der Waals surface area contributed by atoms with Gasteiger partial charge in [0.1, 0.15) is 5.75 Å². The lowest BCUT2D eigenvalue weighted by Gasteiger charge is -2.35. The van der Waals surface area contributed by atoms with Gasteiger partial charge in [0.2, 0.25) is 10.0 Å². The molecule has 0 bridgehead atoms. The van der Waals surface area contributed by atoms with Crippen LogP contribution in [0.5, 0.6) is 5.75 Å². The first-order chi connectivity index (χ1) is 13.4. The number of nitrogens with zero attached hydrogens (tertiary/aromatic N) is 1. The van der Waals surface area contributed by atoms with Crippen LogP contribution in [0.1, 0.15) is 37.5 Å². The normalized spacial score (nSPS) is 16.7. The van der Waals surface area contributed by atoms with Crippen LogP contribution >= 0.6 is 0 Å². The monoisotopic (exact) mass is 416 g/mol. The summed E-state index contributed by atoms with van der Waals surface area (Å²) >= 11 is 0. The molecule has 7 heteroatoms. The Bertz CT molecular complexity index is 1010. The van der Waals surface area contributed by atoms with Crippen molar-refractivity contribution in [2.24, 2.45) is 0 Å². The number of carbonyl (C=O) groups is 1. The van der Waals surface area contributed by atoms with Crippen LogP contribution in [-0.4, -0.2) is 33.2 Å². The van der Waals surface area contributed by atoms with E-state index in [1.54, 1.807) is 6.07 Å². The molecule has 1 heterocycles. The molecule has 0 fully saturated rings. The fourth-order valence-electron chi connectivity index (χ4n) is 3.18. The van der Waals surface area contributed by atoms with E-state index >= 15 is 0 Å². The maximum Gasteiger partial charge on any atom is 0.263 e. The molecule has 1 aliphatic heterocycles. The van der Waals surface area contributed by atoms with Gasteiger partial charge in [-0.1, -0.05) is 56.7 Å². The number of hydrogen-bond donors (Lipinski definition) is 1. The Balaban J connectivity index is 1.82. The molecule has 0 saturated carbocycles. The molecule has 0 aliphatic carbocycles. The highest BCUT2D eigenvalue weighted by atomic mass is 32.2. The zero-order chi connectivity index (χ0) is 21.4. The van der Waals surface area contributed by atoms with Crippen molar-refractivity contribution < 1.29 is 17.9 Å². The van der Waals surface area contributed by atoms with Gasteiger partial charge in [-0.3, -0.25) is 9.10 Å². The molecule has 6 nitrogen and oxygen atoms in total. The van der Waals surface area contributed by atoms with Gasteiger partial charge in [0.15, 0.2) is 6.10 Å². The summed E-state index contributed by atoms with van der Waals surface area (Å²) in [5.41, 5.74) is 3.44. The molecule has 0 unspecified atom stereocenters. The summed E-state index contributed by atoms with van der Waals surface area (Å²) in [6.45, 7) is 8.48. The Hall–Kier alpha value is -2.54. The highest BCUT2D eigenvalue weighted by Crippen LogP contribution is 2.38. The van der Waals surface area contributed by atoms with E-state index in [0.717, 1.165) is 22.9 Å². The smallest absolute Gasteiger partial charge is 0.263 e. The largest absolute Gasteiger partial charge is 0.476 e. The fraction of sp³-hybridized carbons (Fsp3) is 0.409. The molecule has 1 amide bonds. The number of carbonyl (C=O) groups excluding carboxylic acids is 1. The molecule has 156 valence electrons. The molecule has 2 aromatic carbocycles. The number of anilines is 1. The molecule has 29 heavy (non-hydrogen) atoms. The maximum atomic E-state index is 12.7. The Labute approximate surface area is 172 Å². The topological polar surface area (TPSA) is 75.7 Å². The van der Waals surface area contributed by atoms with Gasteiger partial charge in [-0.25, -0.2) is 8.42 Å². The minimum absolute atomic E-state index is 0.0564. The average Bonchev–Trinajstić information content (AvgIpc) is 2.64. The van der Waals surface area contributed by atoms with Gasteiger partial charge < -0.3 is 10.1 Å². The Morgan fingerprint density at radius 1 is 1.17 bits per heavy atom. The molecule has 0 radical (unpaired) electrons. The first kappa shape index (κ1) is 21.2. The third-order valence-corrected chi connectivity index (χ3v) is 6.12. The highest BCUT2D eigenvalue weighted by Gasteiger charge is 2.35. The van der Waals surface area contributed by atoms with E-state index in [-0.39, 0.29) is 17.9 Å². The molecular formula is C22H28N2O4S. The number of aryl methyl sites for hydroxylation is 1. The quantitative estimate of drug-likeness (QED) is 0.831. The molecule has 1 atom stereocenters. The van der Waals surface area contributed by atoms with E-state index < -0.39 is 16.1 Å². The van der Waals surface area contributed by atoms with E-state index in [0.29, 0.717) is 18.0 Å². The van der Waals surface area contributed by atoms with Crippen LogP contribution < -0.4 is 14.4 Å². The number of fused-ring (bicyclic) bond motifs is 1. The second kappa shape index (κ2) is 7.71. The molecule has 0 saturated heterocycles. The van der Waals surface area contributed by atoms with Crippen LogP contribution in [0.4, 0.5) is 5.69 Å². The highest BCUT2D eigenvalue weighted by molar-refractivity contribution is 7.92. The van der Waals surface area contributed by atoms with Crippen molar-refractivity contribution in [3.8, 4) is 5.75 Å². The standard InChI is InChI=1S/C22H28N2O4S/c1-15-6-8-16(9-7-15)13-23-21(25)20-14-24(29(5,26)27)18-12-17(22(2,3)4)10-11-19(18)28-20/h6-12,20H,13-14H2,1-5H3,(H,23,25)/t20-/m0/s1. The van der Waals surface area contributed by atoms with Gasteiger partial charge in [0.25, 0.3) is 5.91 Å². The number of ether oxygens (including phenoxy) is 1. The predicted molar refractivity (Wildman–Crippen MR) is 115 cm³/mol. The third-order valence-electron chi connectivity index (χ3n) is 4.97. The zero-order valence-corrected chi connectivity index (χ0v) is 18.3. The Morgan fingerprint density at radius 3 is 2.41 bits per heavy atom. The number of benzene rings is 2. The van der Waals surface area contributed by atoms with Crippen LogP contribution in [0.2, 0.25) is 0 Å². The molecule has 1 aliphatic rings. The van der Waals surface area contributed by atoms with Crippen LogP contribution in [-0.2, 0) is 26.8 Å². The summed E-state index contributed by atoms with van der Waals surface area (Å²) in [5.74, 6) is 0.0509. The molecule has 0 spiro atoms. The Kier molecular flexibility index (Phi) is 5.63. The molecule has 2 aromatic rings. The van der Waals surface area contributed by atoms with Crippen molar-refractivity contribution in [2.45, 2.75) is 45.8 Å². The molecular weight excluding hydrogens is 388 g/mol. The van der Waals surface area contributed by atoms with Crippen molar-refractivity contribution in [1.29, 1.82) is 0 Å². The van der Waals surface area contributed by atoms with Crippen LogP contribution in [0, 0.1) is 6.92 Å². The van der Waals surface area contributed by atoms with E-state index in [9.17, 15) is 13.2 Å². The Morgan fingerprint density at radius 2 is 1.83 bits per heavy atom. The van der Waals surface area contributed by atoms with Gasteiger partial charge >= 0.3 is 0 Å². The number of sulfonamides is 1. The first-order valence-corrected chi connectivity index (χ1v) is 11.4. The van der Waals surface area contributed by atoms with Crippen molar-refractivity contribution in [1.82, 2.24) is 5.32 Å². The summed E-state index contributed by atoms with van der Waals surface area (Å²) in [7, 11) is -3.57. The average molecular weight is 417 g/mol. The van der Waals surface area contributed by atoms with Crippen LogP contribution in [0.3, 0.4) is 0 Å². The summed E-state index contributed by atoms with van der Waals surface area (Å²) in [4.78, 5) is 12.7. The van der Waals surface area contributed by atoms with Crippen molar-refractivity contribution in [3.05, 3.63) is 59.2 Å². The van der Waals surface area contributed by atoms with E-state index in [4.69, 9.17) is 4.74 Å². The summed E-state index contributed by atoms with van der Waals surface area (Å²) in [6.07, 6.45) is 0.232.